The Morgan fingerprint density at radius 3 is 2.03 bits per heavy atom. The average Bonchev–Trinajstić information content (AvgIpc) is 2.78. The van der Waals surface area contributed by atoms with Gasteiger partial charge in [-0.25, -0.2) is 0 Å². The molecule has 3 amide bonds. The lowest BCUT2D eigenvalue weighted by molar-refractivity contribution is -0.114. The van der Waals surface area contributed by atoms with Crippen LogP contribution in [0.2, 0.25) is 0 Å². The van der Waals surface area contributed by atoms with Crippen LogP contribution in [0.25, 0.3) is 0 Å². The molecular weight excluding hydrogens is 392 g/mol. The molecule has 0 unspecified atom stereocenters. The highest BCUT2D eigenvalue weighted by Crippen LogP contribution is 2.16. The van der Waals surface area contributed by atoms with Crippen molar-refractivity contribution >= 4 is 29.1 Å². The minimum atomic E-state index is -0.197. The van der Waals surface area contributed by atoms with Gasteiger partial charge >= 0.3 is 0 Å². The molecule has 0 aliphatic carbocycles. The van der Waals surface area contributed by atoms with Crippen molar-refractivity contribution in [1.29, 1.82) is 0 Å². The van der Waals surface area contributed by atoms with Crippen LogP contribution >= 0.6 is 0 Å². The van der Waals surface area contributed by atoms with Crippen molar-refractivity contribution < 1.29 is 14.4 Å². The molecular formula is C24H30N4O3. The van der Waals surface area contributed by atoms with Crippen LogP contribution in [0, 0.1) is 0 Å². The molecule has 0 saturated carbocycles. The molecule has 1 aliphatic heterocycles. The lowest BCUT2D eigenvalue weighted by Crippen LogP contribution is -2.35. The van der Waals surface area contributed by atoms with E-state index in [4.69, 9.17) is 0 Å². The predicted octanol–water partition coefficient (Wildman–Crippen LogP) is 3.50. The normalized spacial score (nSPS) is 13.6. The molecule has 0 radical (unpaired) electrons. The number of hydrogen-bond donors (Lipinski definition) is 3. The van der Waals surface area contributed by atoms with E-state index in [1.165, 1.54) is 6.42 Å². The lowest BCUT2D eigenvalue weighted by atomic mass is 10.1. The van der Waals surface area contributed by atoms with Crippen molar-refractivity contribution in [2.45, 2.75) is 39.2 Å². The van der Waals surface area contributed by atoms with Crippen molar-refractivity contribution in [3.05, 3.63) is 59.7 Å². The van der Waals surface area contributed by atoms with Gasteiger partial charge in [0, 0.05) is 41.6 Å². The van der Waals surface area contributed by atoms with Crippen molar-refractivity contribution in [3.8, 4) is 0 Å². The Morgan fingerprint density at radius 2 is 1.42 bits per heavy atom. The summed E-state index contributed by atoms with van der Waals surface area (Å²) >= 11 is 0. The van der Waals surface area contributed by atoms with Gasteiger partial charge in [-0.3, -0.25) is 14.4 Å². The fourth-order valence-corrected chi connectivity index (χ4v) is 3.45. The predicted molar refractivity (Wildman–Crippen MR) is 122 cm³/mol. The van der Waals surface area contributed by atoms with Crippen molar-refractivity contribution in [1.82, 2.24) is 10.2 Å². The average molecular weight is 423 g/mol. The summed E-state index contributed by atoms with van der Waals surface area (Å²) < 4.78 is 0. The van der Waals surface area contributed by atoms with E-state index in [1.54, 1.807) is 48.5 Å². The molecule has 0 aromatic heterocycles. The molecule has 1 heterocycles. The van der Waals surface area contributed by atoms with Gasteiger partial charge in [0.25, 0.3) is 11.8 Å². The third kappa shape index (κ3) is 6.57. The number of amides is 3. The molecule has 1 saturated heterocycles. The van der Waals surface area contributed by atoms with Crippen LogP contribution < -0.4 is 16.0 Å². The number of rotatable bonds is 7. The first-order valence-electron chi connectivity index (χ1n) is 10.8. The van der Waals surface area contributed by atoms with Crippen LogP contribution in [0.15, 0.2) is 48.5 Å². The second-order valence-corrected chi connectivity index (χ2v) is 8.04. The van der Waals surface area contributed by atoms with Gasteiger partial charge in [0.15, 0.2) is 0 Å². The standard InChI is InChI=1S/C24H30N4O3/c1-17(2)26-23(30)18-6-10-20(11-7-18)25-16-22(29)27-21-12-8-19(9-13-21)24(31)28-14-4-3-5-15-28/h6-13,17,25H,3-5,14-16H2,1-2H3,(H,26,30)(H,27,29). The third-order valence-corrected chi connectivity index (χ3v) is 5.08. The van der Waals surface area contributed by atoms with E-state index in [1.807, 2.05) is 18.7 Å². The van der Waals surface area contributed by atoms with Crippen LogP contribution in [-0.4, -0.2) is 48.3 Å². The molecule has 7 nitrogen and oxygen atoms in total. The van der Waals surface area contributed by atoms with Gasteiger partial charge in [-0.05, 0) is 81.6 Å². The first-order chi connectivity index (χ1) is 14.9. The molecule has 1 fully saturated rings. The summed E-state index contributed by atoms with van der Waals surface area (Å²) in [6.07, 6.45) is 3.29. The first-order valence-corrected chi connectivity index (χ1v) is 10.8. The SMILES string of the molecule is CC(C)NC(=O)c1ccc(NCC(=O)Nc2ccc(C(=O)N3CCCCC3)cc2)cc1. The third-order valence-electron chi connectivity index (χ3n) is 5.08. The van der Waals surface area contributed by atoms with Gasteiger partial charge in [0.1, 0.15) is 0 Å². The van der Waals surface area contributed by atoms with E-state index in [9.17, 15) is 14.4 Å². The smallest absolute Gasteiger partial charge is 0.253 e. The van der Waals surface area contributed by atoms with Crippen LogP contribution in [0.4, 0.5) is 11.4 Å². The van der Waals surface area contributed by atoms with Crippen LogP contribution in [0.1, 0.15) is 53.8 Å². The number of carbonyl (C=O) groups excluding carboxylic acids is 3. The molecule has 3 N–H and O–H groups in total. The summed E-state index contributed by atoms with van der Waals surface area (Å²) in [5.74, 6) is -0.275. The Kier molecular flexibility index (Phi) is 7.65. The number of likely N-dealkylation sites (tertiary alicyclic amines) is 1. The number of nitrogens with one attached hydrogen (secondary N) is 3. The summed E-state index contributed by atoms with van der Waals surface area (Å²) in [5.41, 5.74) is 2.60. The Morgan fingerprint density at radius 1 is 0.839 bits per heavy atom. The Balaban J connectivity index is 1.47. The van der Waals surface area contributed by atoms with E-state index in [0.717, 1.165) is 31.6 Å². The minimum Gasteiger partial charge on any atom is -0.376 e. The maximum atomic E-state index is 12.5. The fraction of sp³-hybridized carbons (Fsp3) is 0.375. The van der Waals surface area contributed by atoms with E-state index >= 15 is 0 Å². The summed E-state index contributed by atoms with van der Waals surface area (Å²) in [6, 6.07) is 14.0. The fourth-order valence-electron chi connectivity index (χ4n) is 3.45. The molecule has 1 aliphatic rings. The van der Waals surface area contributed by atoms with Gasteiger partial charge in [-0.1, -0.05) is 0 Å². The van der Waals surface area contributed by atoms with Crippen molar-refractivity contribution in [2.24, 2.45) is 0 Å². The maximum absolute atomic E-state index is 12.5. The second kappa shape index (κ2) is 10.6. The summed E-state index contributed by atoms with van der Waals surface area (Å²) in [4.78, 5) is 38.6. The highest BCUT2D eigenvalue weighted by Gasteiger charge is 2.18. The van der Waals surface area contributed by atoms with Gasteiger partial charge in [0.2, 0.25) is 5.91 Å². The summed E-state index contributed by atoms with van der Waals surface area (Å²) in [7, 11) is 0. The second-order valence-electron chi connectivity index (χ2n) is 8.04. The van der Waals surface area contributed by atoms with E-state index in [0.29, 0.717) is 16.8 Å². The maximum Gasteiger partial charge on any atom is 0.253 e. The van der Waals surface area contributed by atoms with Crippen molar-refractivity contribution in [2.75, 3.05) is 30.3 Å². The number of carbonyl (C=O) groups is 3. The molecule has 31 heavy (non-hydrogen) atoms. The van der Waals surface area contributed by atoms with Gasteiger partial charge < -0.3 is 20.9 Å². The number of nitrogens with zero attached hydrogens (tertiary/aromatic N) is 1. The molecule has 3 rings (SSSR count). The molecule has 0 bridgehead atoms. The highest BCUT2D eigenvalue weighted by molar-refractivity contribution is 5.97. The zero-order chi connectivity index (χ0) is 22.2. The van der Waals surface area contributed by atoms with E-state index in [2.05, 4.69) is 16.0 Å². The highest BCUT2D eigenvalue weighted by atomic mass is 16.2. The topological polar surface area (TPSA) is 90.5 Å². The molecule has 7 heteroatoms. The van der Waals surface area contributed by atoms with Crippen LogP contribution in [0.3, 0.4) is 0 Å². The zero-order valence-corrected chi connectivity index (χ0v) is 18.1. The Bertz CT molecular complexity index is 901. The van der Waals surface area contributed by atoms with Gasteiger partial charge in [-0.2, -0.15) is 0 Å². The molecule has 0 atom stereocenters. The minimum absolute atomic E-state index is 0.0461. The number of anilines is 2. The molecule has 0 spiro atoms. The largest absolute Gasteiger partial charge is 0.376 e. The number of hydrogen-bond acceptors (Lipinski definition) is 4. The van der Waals surface area contributed by atoms with Crippen LogP contribution in [0.5, 0.6) is 0 Å². The summed E-state index contributed by atoms with van der Waals surface area (Å²) in [5, 5.41) is 8.70. The Hall–Kier alpha value is -3.35. The number of benzene rings is 2. The lowest BCUT2D eigenvalue weighted by Gasteiger charge is -2.26. The van der Waals surface area contributed by atoms with Gasteiger partial charge in [0.05, 0.1) is 6.54 Å². The van der Waals surface area contributed by atoms with Gasteiger partial charge in [-0.15, -0.1) is 0 Å². The molecule has 164 valence electrons. The summed E-state index contributed by atoms with van der Waals surface area (Å²) in [6.45, 7) is 5.53. The van der Waals surface area contributed by atoms with E-state index < -0.39 is 0 Å². The van der Waals surface area contributed by atoms with Crippen LogP contribution in [-0.2, 0) is 4.79 Å². The van der Waals surface area contributed by atoms with Crippen molar-refractivity contribution in [3.63, 3.8) is 0 Å². The first kappa shape index (κ1) is 22.3. The number of piperidine rings is 1. The zero-order valence-electron chi connectivity index (χ0n) is 18.1. The molecule has 2 aromatic carbocycles. The molecule has 2 aromatic rings. The monoisotopic (exact) mass is 422 g/mol. The quantitative estimate of drug-likeness (QED) is 0.637. The van der Waals surface area contributed by atoms with E-state index in [-0.39, 0.29) is 30.3 Å². The Labute approximate surface area is 183 Å².